The largest absolute Gasteiger partial charge is 0.376 e. The van der Waals surface area contributed by atoms with Gasteiger partial charge in [0.2, 0.25) is 0 Å². The molecule has 2 aromatic rings. The Morgan fingerprint density at radius 3 is 2.76 bits per heavy atom. The number of benzene rings is 2. The van der Waals surface area contributed by atoms with Gasteiger partial charge in [-0.2, -0.15) is 5.26 Å². The zero-order valence-electron chi connectivity index (χ0n) is 10.9. The number of anilines is 1. The molecule has 0 aliphatic carbocycles. The second kappa shape index (κ2) is 5.17. The number of hydrogen-bond acceptors (Lipinski definition) is 4. The van der Waals surface area contributed by atoms with Gasteiger partial charge in [-0.05, 0) is 29.8 Å². The van der Waals surface area contributed by atoms with E-state index in [0.29, 0.717) is 16.1 Å². The van der Waals surface area contributed by atoms with E-state index in [4.69, 9.17) is 0 Å². The molecule has 6 heteroatoms. The molecule has 21 heavy (non-hydrogen) atoms. The van der Waals surface area contributed by atoms with E-state index in [1.165, 1.54) is 0 Å². The molecule has 1 atom stereocenters. The number of nitrogens with zero attached hydrogens (tertiary/aromatic N) is 1. The van der Waals surface area contributed by atoms with Crippen LogP contribution >= 0.6 is 15.9 Å². The molecule has 0 aromatic heterocycles. The molecular formula is C15H11BrN2O2S. The van der Waals surface area contributed by atoms with Crippen molar-refractivity contribution in [2.24, 2.45) is 0 Å². The summed E-state index contributed by atoms with van der Waals surface area (Å²) >= 11 is 3.32. The summed E-state index contributed by atoms with van der Waals surface area (Å²) in [6, 6.07) is 14.1. The predicted octanol–water partition coefficient (Wildman–Crippen LogP) is 3.26. The van der Waals surface area contributed by atoms with E-state index in [0.717, 1.165) is 10.0 Å². The van der Waals surface area contributed by atoms with E-state index >= 15 is 0 Å². The number of fused-ring (bicyclic) bond motifs is 1. The van der Waals surface area contributed by atoms with Crippen molar-refractivity contribution < 1.29 is 8.42 Å². The topological polar surface area (TPSA) is 70.0 Å². The third-order valence-corrected chi connectivity index (χ3v) is 5.75. The van der Waals surface area contributed by atoms with Crippen molar-refractivity contribution in [1.82, 2.24) is 0 Å². The fourth-order valence-electron chi connectivity index (χ4n) is 2.49. The summed E-state index contributed by atoms with van der Waals surface area (Å²) in [6.45, 7) is 0. The van der Waals surface area contributed by atoms with E-state index in [9.17, 15) is 13.7 Å². The molecule has 1 N–H and O–H groups in total. The lowest BCUT2D eigenvalue weighted by Crippen LogP contribution is -2.13. The summed E-state index contributed by atoms with van der Waals surface area (Å²) in [7, 11) is -3.26. The van der Waals surface area contributed by atoms with Gasteiger partial charge in [0.05, 0.1) is 27.9 Å². The fraction of sp³-hybridized carbons (Fsp3) is 0.133. The number of rotatable bonds is 2. The second-order valence-corrected chi connectivity index (χ2v) is 7.74. The van der Waals surface area contributed by atoms with Gasteiger partial charge >= 0.3 is 0 Å². The summed E-state index contributed by atoms with van der Waals surface area (Å²) in [5, 5.41) is 12.4. The number of nitriles is 1. The van der Waals surface area contributed by atoms with Crippen molar-refractivity contribution in [3.63, 3.8) is 0 Å². The Labute approximate surface area is 131 Å². The highest BCUT2D eigenvalue weighted by molar-refractivity contribution is 9.10. The van der Waals surface area contributed by atoms with Crippen molar-refractivity contribution in [2.45, 2.75) is 10.9 Å². The van der Waals surface area contributed by atoms with Crippen LogP contribution in [0.1, 0.15) is 17.2 Å². The first-order chi connectivity index (χ1) is 10.0. The van der Waals surface area contributed by atoms with Crippen LogP contribution in [0.3, 0.4) is 0 Å². The summed E-state index contributed by atoms with van der Waals surface area (Å²) in [5.74, 6) is 0.00722. The highest BCUT2D eigenvalue weighted by atomic mass is 79.9. The van der Waals surface area contributed by atoms with Gasteiger partial charge in [-0.3, -0.25) is 0 Å². The molecule has 0 spiro atoms. The monoisotopic (exact) mass is 362 g/mol. The van der Waals surface area contributed by atoms with Crippen LogP contribution in [0, 0.1) is 11.3 Å². The maximum absolute atomic E-state index is 12.1. The Kier molecular flexibility index (Phi) is 3.47. The minimum Gasteiger partial charge on any atom is -0.376 e. The number of hydrogen-bond donors (Lipinski definition) is 1. The lowest BCUT2D eigenvalue weighted by atomic mass is 10.1. The standard InChI is InChI=1S/C15H11BrN2O2S/c16-11-5-6-13(10(7-11)8-17)18-14-9-21(19,20)15-4-2-1-3-12(14)15/h1-7,14,18H,9H2. The van der Waals surface area contributed by atoms with Crippen molar-refractivity contribution in [3.8, 4) is 6.07 Å². The van der Waals surface area contributed by atoms with Crippen LogP contribution < -0.4 is 5.32 Å². The van der Waals surface area contributed by atoms with Crippen molar-refractivity contribution >= 4 is 31.5 Å². The van der Waals surface area contributed by atoms with E-state index in [2.05, 4.69) is 27.3 Å². The summed E-state index contributed by atoms with van der Waals surface area (Å²) in [5.41, 5.74) is 1.87. The van der Waals surface area contributed by atoms with Crippen LogP contribution in [0.5, 0.6) is 0 Å². The molecule has 0 saturated heterocycles. The molecule has 0 bridgehead atoms. The average molecular weight is 363 g/mol. The fourth-order valence-corrected chi connectivity index (χ4v) is 4.59. The molecule has 2 aromatic carbocycles. The molecule has 106 valence electrons. The molecule has 0 radical (unpaired) electrons. The Bertz CT molecular complexity index is 856. The first-order valence-corrected chi connectivity index (χ1v) is 8.73. The van der Waals surface area contributed by atoms with Crippen LogP contribution in [-0.2, 0) is 9.84 Å². The average Bonchev–Trinajstić information content (AvgIpc) is 2.73. The Balaban J connectivity index is 2.00. The summed E-state index contributed by atoms with van der Waals surface area (Å²) < 4.78 is 25.1. The maximum Gasteiger partial charge on any atom is 0.181 e. The Morgan fingerprint density at radius 1 is 1.24 bits per heavy atom. The SMILES string of the molecule is N#Cc1cc(Br)ccc1NC1CS(=O)(=O)c2ccccc21. The van der Waals surface area contributed by atoms with Crippen LogP contribution in [0.4, 0.5) is 5.69 Å². The molecule has 1 aliphatic rings. The van der Waals surface area contributed by atoms with Crippen LogP contribution in [0.25, 0.3) is 0 Å². The third-order valence-electron chi connectivity index (χ3n) is 3.45. The minimum atomic E-state index is -3.26. The normalized spacial score (nSPS) is 18.8. The summed E-state index contributed by atoms with van der Waals surface area (Å²) in [4.78, 5) is 0.373. The minimum absolute atomic E-state index is 0.00722. The molecule has 0 amide bonds. The van der Waals surface area contributed by atoms with Crippen LogP contribution in [-0.4, -0.2) is 14.2 Å². The van der Waals surface area contributed by atoms with Gasteiger partial charge in [0.1, 0.15) is 6.07 Å². The molecule has 1 unspecified atom stereocenters. The highest BCUT2D eigenvalue weighted by Crippen LogP contribution is 2.36. The Hall–Kier alpha value is -1.84. The van der Waals surface area contributed by atoms with E-state index in [-0.39, 0.29) is 11.8 Å². The van der Waals surface area contributed by atoms with Crippen molar-refractivity contribution in [3.05, 3.63) is 58.1 Å². The van der Waals surface area contributed by atoms with Gasteiger partial charge in [0.25, 0.3) is 0 Å². The van der Waals surface area contributed by atoms with Gasteiger partial charge in [0, 0.05) is 4.47 Å². The number of nitrogens with one attached hydrogen (secondary N) is 1. The lowest BCUT2D eigenvalue weighted by Gasteiger charge is -2.15. The molecule has 0 saturated carbocycles. The maximum atomic E-state index is 12.1. The van der Waals surface area contributed by atoms with E-state index < -0.39 is 9.84 Å². The van der Waals surface area contributed by atoms with Crippen LogP contribution in [0.2, 0.25) is 0 Å². The third kappa shape index (κ3) is 2.55. The molecule has 1 heterocycles. The smallest absolute Gasteiger partial charge is 0.181 e. The molecular weight excluding hydrogens is 352 g/mol. The quantitative estimate of drug-likeness (QED) is 0.889. The van der Waals surface area contributed by atoms with Gasteiger partial charge in [-0.25, -0.2) is 8.42 Å². The zero-order chi connectivity index (χ0) is 15.0. The molecule has 1 aliphatic heterocycles. The molecule has 0 fully saturated rings. The van der Waals surface area contributed by atoms with E-state index in [1.807, 2.05) is 18.2 Å². The van der Waals surface area contributed by atoms with Crippen molar-refractivity contribution in [1.29, 1.82) is 5.26 Å². The van der Waals surface area contributed by atoms with Crippen molar-refractivity contribution in [2.75, 3.05) is 11.1 Å². The second-order valence-electron chi connectivity index (χ2n) is 4.82. The van der Waals surface area contributed by atoms with Gasteiger partial charge < -0.3 is 5.32 Å². The summed E-state index contributed by atoms with van der Waals surface area (Å²) in [6.07, 6.45) is 0. The highest BCUT2D eigenvalue weighted by Gasteiger charge is 2.34. The zero-order valence-corrected chi connectivity index (χ0v) is 13.3. The van der Waals surface area contributed by atoms with Crippen LogP contribution in [0.15, 0.2) is 51.8 Å². The van der Waals surface area contributed by atoms with E-state index in [1.54, 1.807) is 24.3 Å². The lowest BCUT2D eigenvalue weighted by molar-refractivity contribution is 0.598. The van der Waals surface area contributed by atoms with Gasteiger partial charge in [-0.1, -0.05) is 34.1 Å². The molecule has 3 rings (SSSR count). The number of halogens is 1. The molecule has 4 nitrogen and oxygen atoms in total. The van der Waals surface area contributed by atoms with Gasteiger partial charge in [0.15, 0.2) is 9.84 Å². The predicted molar refractivity (Wildman–Crippen MR) is 83.7 cm³/mol. The van der Waals surface area contributed by atoms with Gasteiger partial charge in [-0.15, -0.1) is 0 Å². The Morgan fingerprint density at radius 2 is 2.00 bits per heavy atom. The number of sulfone groups is 1. The first-order valence-electron chi connectivity index (χ1n) is 6.29. The first kappa shape index (κ1) is 14.1.